The third kappa shape index (κ3) is 6.31. The molecule has 0 bridgehead atoms. The maximum Gasteiger partial charge on any atom is 0.220 e. The average Bonchev–Trinajstić information content (AvgIpc) is 3.30. The second-order valence-electron chi connectivity index (χ2n) is 6.06. The molecule has 0 aromatic carbocycles. The summed E-state index contributed by atoms with van der Waals surface area (Å²) in [7, 11) is -1.67. The van der Waals surface area contributed by atoms with Gasteiger partial charge in [-0.1, -0.05) is 16.8 Å². The molecule has 1 aliphatic rings. The molecule has 1 N–H and O–H groups in total. The van der Waals surface area contributed by atoms with Crippen LogP contribution in [-0.2, 0) is 22.2 Å². The Bertz CT molecular complexity index is 865. The number of halogens is 2. The molecular formula is C16H23ClIN5O3S2. The Balaban J connectivity index is 0.00000280. The number of hydrogen-bond donors (Lipinski definition) is 1. The van der Waals surface area contributed by atoms with Crippen molar-refractivity contribution in [1.29, 1.82) is 0 Å². The summed E-state index contributed by atoms with van der Waals surface area (Å²) in [5.41, 5.74) is 0.420. The molecule has 2 aromatic heterocycles. The number of hydrogen-bond acceptors (Lipinski definition) is 6. The van der Waals surface area contributed by atoms with E-state index >= 15 is 0 Å². The molecule has 0 atom stereocenters. The summed E-state index contributed by atoms with van der Waals surface area (Å²) in [6, 6.07) is 5.49. The normalized spacial score (nSPS) is 16.1. The predicted octanol–water partition coefficient (Wildman–Crippen LogP) is 2.27. The van der Waals surface area contributed by atoms with E-state index in [1.165, 1.54) is 15.4 Å². The summed E-state index contributed by atoms with van der Waals surface area (Å²) in [5.74, 6) is 0.644. The molecule has 3 heterocycles. The number of guanidine groups is 1. The highest BCUT2D eigenvalue weighted by molar-refractivity contribution is 14.0. The van der Waals surface area contributed by atoms with Crippen molar-refractivity contribution in [3.8, 4) is 0 Å². The summed E-state index contributed by atoms with van der Waals surface area (Å²) in [6.07, 6.45) is 2.24. The molecule has 156 valence electrons. The van der Waals surface area contributed by atoms with Crippen molar-refractivity contribution in [1.82, 2.24) is 19.7 Å². The summed E-state index contributed by atoms with van der Waals surface area (Å²) in [6.45, 7) is 2.75. The Morgan fingerprint density at radius 1 is 1.32 bits per heavy atom. The second kappa shape index (κ2) is 10.8. The molecule has 0 spiro atoms. The van der Waals surface area contributed by atoms with E-state index in [9.17, 15) is 8.42 Å². The van der Waals surface area contributed by atoms with Crippen molar-refractivity contribution >= 4 is 62.9 Å². The highest BCUT2D eigenvalue weighted by atomic mass is 127. The molecule has 1 fully saturated rings. The maximum atomic E-state index is 12.5. The fraction of sp³-hybridized carbons (Fsp3) is 0.500. The number of piperazine rings is 1. The van der Waals surface area contributed by atoms with Gasteiger partial charge in [-0.3, -0.25) is 4.99 Å². The van der Waals surface area contributed by atoms with E-state index in [0.717, 1.165) is 23.3 Å². The molecule has 1 saturated heterocycles. The summed E-state index contributed by atoms with van der Waals surface area (Å²) in [4.78, 5) is 7.60. The molecule has 0 saturated carbocycles. The molecule has 28 heavy (non-hydrogen) atoms. The van der Waals surface area contributed by atoms with E-state index in [1.54, 1.807) is 24.5 Å². The first kappa shape index (κ1) is 23.4. The van der Waals surface area contributed by atoms with E-state index in [1.807, 2.05) is 12.1 Å². The lowest BCUT2D eigenvalue weighted by molar-refractivity contribution is 0.260. The van der Waals surface area contributed by atoms with Crippen molar-refractivity contribution in [2.75, 3.05) is 39.8 Å². The second-order valence-corrected chi connectivity index (χ2v) is 9.83. The van der Waals surface area contributed by atoms with Gasteiger partial charge in [-0.2, -0.15) is 4.31 Å². The Labute approximate surface area is 191 Å². The minimum absolute atomic E-state index is 0. The van der Waals surface area contributed by atoms with Gasteiger partial charge in [-0.15, -0.1) is 35.3 Å². The molecule has 0 unspecified atom stereocenters. The summed E-state index contributed by atoms with van der Waals surface area (Å²) in [5, 5.41) is 7.02. The van der Waals surface area contributed by atoms with Gasteiger partial charge in [0.15, 0.2) is 5.96 Å². The number of thiophene rings is 1. The van der Waals surface area contributed by atoms with Crippen LogP contribution < -0.4 is 5.32 Å². The lowest BCUT2D eigenvalue weighted by Gasteiger charge is -2.35. The molecule has 1 aliphatic heterocycles. The zero-order valence-corrected chi connectivity index (χ0v) is 20.1. The van der Waals surface area contributed by atoms with Crippen molar-refractivity contribution in [3.63, 3.8) is 0 Å². The Morgan fingerprint density at radius 3 is 2.64 bits per heavy atom. The van der Waals surface area contributed by atoms with E-state index in [2.05, 4.69) is 20.4 Å². The quantitative estimate of drug-likeness (QED) is 0.332. The Hall–Kier alpha value is -0.890. The number of sulfonamides is 1. The van der Waals surface area contributed by atoms with Crippen molar-refractivity contribution in [2.45, 2.75) is 12.2 Å². The van der Waals surface area contributed by atoms with Crippen molar-refractivity contribution in [3.05, 3.63) is 39.4 Å². The van der Waals surface area contributed by atoms with Gasteiger partial charge in [0.2, 0.25) is 10.0 Å². The lowest BCUT2D eigenvalue weighted by atomic mass is 10.3. The average molecular weight is 560 g/mol. The predicted molar refractivity (Wildman–Crippen MR) is 122 cm³/mol. The van der Waals surface area contributed by atoms with Gasteiger partial charge in [0, 0.05) is 50.7 Å². The Morgan fingerprint density at radius 2 is 2.07 bits per heavy atom. The molecule has 0 radical (unpaired) electrons. The molecule has 3 rings (SSSR count). The third-order valence-electron chi connectivity index (χ3n) is 4.25. The van der Waals surface area contributed by atoms with Crippen LogP contribution in [0.2, 0.25) is 4.34 Å². The number of aliphatic imine (C=N–C) groups is 1. The van der Waals surface area contributed by atoms with Gasteiger partial charge in [0.05, 0.1) is 10.0 Å². The monoisotopic (exact) mass is 559 g/mol. The van der Waals surface area contributed by atoms with E-state index in [4.69, 9.17) is 16.1 Å². The SMILES string of the molecule is CN=C(NCCc1ccc(Cl)s1)N1CCN(S(=O)(=O)Cc2ccon2)CC1.I. The largest absolute Gasteiger partial charge is 0.364 e. The van der Waals surface area contributed by atoms with Gasteiger partial charge >= 0.3 is 0 Å². The zero-order chi connectivity index (χ0) is 19.3. The molecule has 8 nitrogen and oxygen atoms in total. The molecule has 0 amide bonds. The zero-order valence-electron chi connectivity index (χ0n) is 15.4. The number of rotatable bonds is 6. The van der Waals surface area contributed by atoms with Gasteiger partial charge in [-0.25, -0.2) is 8.42 Å². The number of aromatic nitrogens is 1. The van der Waals surface area contributed by atoms with E-state index in [0.29, 0.717) is 31.9 Å². The van der Waals surface area contributed by atoms with Crippen LogP contribution in [0.4, 0.5) is 0 Å². The molecular weight excluding hydrogens is 537 g/mol. The van der Waals surface area contributed by atoms with Crippen LogP contribution in [-0.4, -0.2) is 68.5 Å². The number of nitrogens with one attached hydrogen (secondary N) is 1. The summed E-state index contributed by atoms with van der Waals surface area (Å²) >= 11 is 7.52. The third-order valence-corrected chi connectivity index (χ3v) is 7.35. The fourth-order valence-corrected chi connectivity index (χ4v) is 5.40. The number of nitrogens with zero attached hydrogens (tertiary/aromatic N) is 4. The first-order valence-corrected chi connectivity index (χ1v) is 11.4. The van der Waals surface area contributed by atoms with Crippen LogP contribution in [0.25, 0.3) is 0 Å². The van der Waals surface area contributed by atoms with Crippen LogP contribution in [0, 0.1) is 0 Å². The van der Waals surface area contributed by atoms with Crippen LogP contribution in [0.15, 0.2) is 34.0 Å². The summed E-state index contributed by atoms with van der Waals surface area (Å²) < 4.78 is 32.0. The van der Waals surface area contributed by atoms with Crippen molar-refractivity contribution < 1.29 is 12.9 Å². The minimum Gasteiger partial charge on any atom is -0.364 e. The van der Waals surface area contributed by atoms with Gasteiger partial charge in [0.1, 0.15) is 12.0 Å². The van der Waals surface area contributed by atoms with Crippen LogP contribution in [0.5, 0.6) is 0 Å². The highest BCUT2D eigenvalue weighted by Gasteiger charge is 2.28. The van der Waals surface area contributed by atoms with Crippen LogP contribution in [0.3, 0.4) is 0 Å². The Kier molecular flexibility index (Phi) is 8.99. The smallest absolute Gasteiger partial charge is 0.220 e. The van der Waals surface area contributed by atoms with E-state index < -0.39 is 10.0 Å². The fourth-order valence-electron chi connectivity index (χ4n) is 2.88. The molecule has 12 heteroatoms. The minimum atomic E-state index is -3.40. The van der Waals surface area contributed by atoms with Crippen LogP contribution in [0.1, 0.15) is 10.6 Å². The maximum absolute atomic E-state index is 12.5. The standard InChI is InChI=1S/C16H22ClN5O3S2.HI/c1-18-16(19-6-4-14-2-3-15(17)26-14)21-7-9-22(10-8-21)27(23,24)12-13-5-11-25-20-13;/h2-3,5,11H,4,6-10,12H2,1H3,(H,18,19);1H. The lowest BCUT2D eigenvalue weighted by Crippen LogP contribution is -2.54. The first-order chi connectivity index (χ1) is 13.0. The topological polar surface area (TPSA) is 91.0 Å². The highest BCUT2D eigenvalue weighted by Crippen LogP contribution is 2.21. The van der Waals surface area contributed by atoms with Crippen molar-refractivity contribution in [2.24, 2.45) is 4.99 Å². The van der Waals surface area contributed by atoms with Gasteiger partial charge in [-0.05, 0) is 18.6 Å². The first-order valence-electron chi connectivity index (χ1n) is 8.55. The molecule has 0 aliphatic carbocycles. The van der Waals surface area contributed by atoms with E-state index in [-0.39, 0.29) is 29.7 Å². The van der Waals surface area contributed by atoms with Crippen LogP contribution >= 0.6 is 46.9 Å². The van der Waals surface area contributed by atoms with Gasteiger partial charge < -0.3 is 14.7 Å². The molecule has 2 aromatic rings. The van der Waals surface area contributed by atoms with Gasteiger partial charge in [0.25, 0.3) is 0 Å².